The number of carbonyl (C=O) groups is 2. The van der Waals surface area contributed by atoms with Gasteiger partial charge in [0.15, 0.2) is 0 Å². The van der Waals surface area contributed by atoms with E-state index in [0.717, 1.165) is 5.69 Å². The zero-order chi connectivity index (χ0) is 19.3. The van der Waals surface area contributed by atoms with Gasteiger partial charge < -0.3 is 19.1 Å². The number of methoxy groups -OCH3 is 3. The lowest BCUT2D eigenvalue weighted by molar-refractivity contribution is -0.144. The Hall–Kier alpha value is -3.11. The van der Waals surface area contributed by atoms with Crippen molar-refractivity contribution >= 4 is 17.6 Å². The van der Waals surface area contributed by atoms with Gasteiger partial charge in [-0.25, -0.2) is 9.59 Å². The lowest BCUT2D eigenvalue weighted by atomic mass is 9.72. The number of esters is 2. The quantitative estimate of drug-likeness (QED) is 0.568. The van der Waals surface area contributed by atoms with Crippen molar-refractivity contribution in [2.24, 2.45) is 0 Å². The van der Waals surface area contributed by atoms with Crippen molar-refractivity contribution in [3.63, 3.8) is 0 Å². The van der Waals surface area contributed by atoms with E-state index in [-0.39, 0.29) is 23.3 Å². The minimum Gasteiger partial charge on any atom is -0.466 e. The molecule has 0 aromatic heterocycles. The Morgan fingerprint density at radius 3 is 2.27 bits per heavy atom. The van der Waals surface area contributed by atoms with Crippen LogP contribution in [0, 0.1) is 11.3 Å². The number of rotatable bonds is 6. The maximum absolute atomic E-state index is 12.2. The number of anilines is 1. The van der Waals surface area contributed by atoms with Crippen molar-refractivity contribution in [3.05, 3.63) is 53.3 Å². The number of hydrogen-bond donors (Lipinski definition) is 0. The molecule has 26 heavy (non-hydrogen) atoms. The minimum absolute atomic E-state index is 0.0450. The van der Waals surface area contributed by atoms with Crippen LogP contribution in [0.1, 0.15) is 6.42 Å². The van der Waals surface area contributed by atoms with E-state index in [1.54, 1.807) is 11.9 Å². The minimum atomic E-state index is -1.23. The lowest BCUT2D eigenvalue weighted by Gasteiger charge is -2.40. The monoisotopic (exact) mass is 356 g/mol. The van der Waals surface area contributed by atoms with Gasteiger partial charge in [-0.05, 0) is 18.2 Å². The summed E-state index contributed by atoms with van der Waals surface area (Å²) < 4.78 is 15.0. The van der Waals surface area contributed by atoms with E-state index < -0.39 is 17.5 Å². The van der Waals surface area contributed by atoms with Gasteiger partial charge in [0.2, 0.25) is 0 Å². The second-order valence-corrected chi connectivity index (χ2v) is 5.64. The van der Waals surface area contributed by atoms with Crippen molar-refractivity contribution in [1.29, 1.82) is 5.26 Å². The van der Waals surface area contributed by atoms with Gasteiger partial charge >= 0.3 is 11.9 Å². The number of allylic oxidation sites excluding steroid dienone is 1. The van der Waals surface area contributed by atoms with E-state index in [0.29, 0.717) is 0 Å². The molecule has 0 heterocycles. The highest BCUT2D eigenvalue weighted by Gasteiger charge is 2.51. The van der Waals surface area contributed by atoms with E-state index in [1.807, 2.05) is 30.3 Å². The molecule has 0 fully saturated rings. The molecule has 7 heteroatoms. The van der Waals surface area contributed by atoms with Gasteiger partial charge in [-0.15, -0.1) is 0 Å². The van der Waals surface area contributed by atoms with Crippen LogP contribution in [0.4, 0.5) is 5.69 Å². The zero-order valence-electron chi connectivity index (χ0n) is 15.1. The third-order valence-electron chi connectivity index (χ3n) is 4.34. The van der Waals surface area contributed by atoms with Gasteiger partial charge in [-0.3, -0.25) is 0 Å². The summed E-state index contributed by atoms with van der Waals surface area (Å²) >= 11 is 0. The van der Waals surface area contributed by atoms with Crippen molar-refractivity contribution in [2.45, 2.75) is 12.0 Å². The summed E-state index contributed by atoms with van der Waals surface area (Å²) in [5, 5.41) is 9.60. The van der Waals surface area contributed by atoms with Crippen LogP contribution in [0.2, 0.25) is 0 Å². The predicted molar refractivity (Wildman–Crippen MR) is 94.0 cm³/mol. The fourth-order valence-electron chi connectivity index (χ4n) is 2.86. The molecule has 1 aliphatic rings. The average molecular weight is 356 g/mol. The maximum Gasteiger partial charge on any atom is 0.337 e. The molecule has 0 saturated heterocycles. The number of nitrogens with zero attached hydrogens (tertiary/aromatic N) is 2. The lowest BCUT2D eigenvalue weighted by Crippen LogP contribution is -2.47. The summed E-state index contributed by atoms with van der Waals surface area (Å²) in [6.45, 7) is 0. The first-order chi connectivity index (χ1) is 12.4. The number of para-hydroxylation sites is 1. The second kappa shape index (κ2) is 7.85. The fraction of sp³-hybridized carbons (Fsp3) is 0.316. The fourth-order valence-corrected chi connectivity index (χ4v) is 2.86. The summed E-state index contributed by atoms with van der Waals surface area (Å²) in [7, 11) is 5.59. The normalized spacial score (nSPS) is 19.3. The molecule has 0 aliphatic heterocycles. The van der Waals surface area contributed by atoms with Gasteiger partial charge in [0.1, 0.15) is 17.4 Å². The molecule has 0 bridgehead atoms. The van der Waals surface area contributed by atoms with Crippen LogP contribution < -0.4 is 4.90 Å². The van der Waals surface area contributed by atoms with Crippen molar-refractivity contribution in [3.8, 4) is 6.07 Å². The molecule has 1 atom stereocenters. The Bertz CT molecular complexity index is 807. The van der Waals surface area contributed by atoms with Crippen LogP contribution in [0.3, 0.4) is 0 Å². The summed E-state index contributed by atoms with van der Waals surface area (Å²) in [4.78, 5) is 25.8. The Morgan fingerprint density at radius 1 is 1.15 bits per heavy atom. The molecule has 1 unspecified atom stereocenters. The van der Waals surface area contributed by atoms with E-state index in [4.69, 9.17) is 14.2 Å². The highest BCUT2D eigenvalue weighted by molar-refractivity contribution is 6.06. The highest BCUT2D eigenvalue weighted by atomic mass is 16.5. The van der Waals surface area contributed by atoms with Crippen LogP contribution in [-0.2, 0) is 23.8 Å². The molecule has 0 N–H and O–H groups in total. The van der Waals surface area contributed by atoms with Gasteiger partial charge in [-0.2, -0.15) is 5.26 Å². The van der Waals surface area contributed by atoms with E-state index in [2.05, 4.69) is 6.07 Å². The Balaban J connectivity index is 2.50. The summed E-state index contributed by atoms with van der Waals surface area (Å²) in [6, 6.07) is 11.4. The molecule has 1 aliphatic carbocycles. The third kappa shape index (κ3) is 3.32. The summed E-state index contributed by atoms with van der Waals surface area (Å²) in [6.07, 6.45) is 1.63. The molecule has 0 spiro atoms. The van der Waals surface area contributed by atoms with Crippen molar-refractivity contribution < 1.29 is 23.8 Å². The van der Waals surface area contributed by atoms with Crippen LogP contribution in [-0.4, -0.2) is 45.9 Å². The number of ether oxygens (including phenoxy) is 3. The zero-order valence-corrected chi connectivity index (χ0v) is 15.1. The van der Waals surface area contributed by atoms with Crippen LogP contribution in [0.15, 0.2) is 53.3 Å². The number of hydrogen-bond acceptors (Lipinski definition) is 7. The van der Waals surface area contributed by atoms with Crippen molar-refractivity contribution in [2.75, 3.05) is 33.3 Å². The molecular weight excluding hydrogens is 336 g/mol. The van der Waals surface area contributed by atoms with Crippen LogP contribution in [0.25, 0.3) is 0 Å². The molecule has 136 valence electrons. The summed E-state index contributed by atoms with van der Waals surface area (Å²) in [5.41, 5.74) is 0.0526. The smallest absolute Gasteiger partial charge is 0.337 e. The van der Waals surface area contributed by atoms with E-state index in [1.165, 1.54) is 27.4 Å². The first kappa shape index (κ1) is 19.2. The van der Waals surface area contributed by atoms with E-state index in [9.17, 15) is 14.9 Å². The molecule has 2 rings (SSSR count). The average Bonchev–Trinajstić information content (AvgIpc) is 2.67. The third-order valence-corrected chi connectivity index (χ3v) is 4.34. The molecular formula is C19H20N2O5. The van der Waals surface area contributed by atoms with Gasteiger partial charge in [0.05, 0.1) is 25.4 Å². The molecule has 0 saturated carbocycles. The first-order valence-electron chi connectivity index (χ1n) is 7.81. The maximum atomic E-state index is 12.2. The highest BCUT2D eigenvalue weighted by Crippen LogP contribution is 2.44. The Morgan fingerprint density at radius 2 is 1.77 bits per heavy atom. The number of carbonyl (C=O) groups excluding carboxylic acids is 2. The molecule has 1 aromatic carbocycles. The molecule has 0 amide bonds. The van der Waals surface area contributed by atoms with Crippen molar-refractivity contribution in [1.82, 2.24) is 0 Å². The van der Waals surface area contributed by atoms with Gasteiger partial charge in [0, 0.05) is 26.3 Å². The SMILES string of the molecule is COC(=O)C1=C(C(=O)OC)C(/C=C(/C#N)N(C)c2ccccc2)(OC)C1. The molecule has 7 nitrogen and oxygen atoms in total. The summed E-state index contributed by atoms with van der Waals surface area (Å²) in [5.74, 6) is -1.32. The number of nitriles is 1. The van der Waals surface area contributed by atoms with Gasteiger partial charge in [-0.1, -0.05) is 18.2 Å². The Kier molecular flexibility index (Phi) is 5.80. The largest absolute Gasteiger partial charge is 0.466 e. The number of benzene rings is 1. The second-order valence-electron chi connectivity index (χ2n) is 5.64. The van der Waals surface area contributed by atoms with E-state index >= 15 is 0 Å². The standard InChI is InChI=1S/C19H20N2O5/c1-21(13-8-6-5-7-9-13)14(12-20)10-19(26-4)11-15(17(22)24-2)16(19)18(23)25-3/h5-10H,11H2,1-4H3/b14-10-. The van der Waals surface area contributed by atoms with Gasteiger partial charge in [0.25, 0.3) is 0 Å². The first-order valence-corrected chi connectivity index (χ1v) is 7.81. The topological polar surface area (TPSA) is 88.9 Å². The van der Waals surface area contributed by atoms with Crippen LogP contribution in [0.5, 0.6) is 0 Å². The predicted octanol–water partition coefficient (Wildman–Crippen LogP) is 1.96. The molecule has 1 aromatic rings. The Labute approximate surface area is 152 Å². The molecule has 0 radical (unpaired) electrons. The van der Waals surface area contributed by atoms with Crippen LogP contribution >= 0.6 is 0 Å².